The smallest absolute Gasteiger partial charge is 0.337 e. The molecule has 0 aliphatic rings. The molecule has 0 saturated heterocycles. The van der Waals surface area contributed by atoms with Crippen LogP contribution in [0.15, 0.2) is 66.2 Å². The van der Waals surface area contributed by atoms with E-state index in [9.17, 15) is 9.59 Å². The zero-order chi connectivity index (χ0) is 19.5. The van der Waals surface area contributed by atoms with Gasteiger partial charge in [-0.15, -0.1) is 11.3 Å². The number of esters is 1. The molecule has 2 aromatic heterocycles. The number of nitrogens with zero attached hydrogens (tertiary/aromatic N) is 2. The first-order valence-electron chi connectivity index (χ1n) is 8.63. The largest absolute Gasteiger partial charge is 0.465 e. The van der Waals surface area contributed by atoms with E-state index in [1.807, 2.05) is 46.3 Å². The summed E-state index contributed by atoms with van der Waals surface area (Å²) >= 11 is 1.50. The highest BCUT2D eigenvalue weighted by molar-refractivity contribution is 7.15. The number of carbonyl (C=O) groups excluding carboxylic acids is 2. The summed E-state index contributed by atoms with van der Waals surface area (Å²) in [5, 5.41) is 4.76. The average Bonchev–Trinajstić information content (AvgIpc) is 3.30. The fourth-order valence-corrected chi connectivity index (χ4v) is 3.79. The predicted molar refractivity (Wildman–Crippen MR) is 109 cm³/mol. The molecule has 0 aliphatic heterocycles. The van der Waals surface area contributed by atoms with Crippen molar-refractivity contribution in [2.75, 3.05) is 12.4 Å². The Morgan fingerprint density at radius 3 is 2.75 bits per heavy atom. The molecule has 28 heavy (non-hydrogen) atoms. The Morgan fingerprint density at radius 2 is 1.96 bits per heavy atom. The number of amides is 1. The molecule has 4 aromatic rings. The molecular weight excluding hydrogens is 374 g/mol. The van der Waals surface area contributed by atoms with Gasteiger partial charge in [-0.25, -0.2) is 9.78 Å². The van der Waals surface area contributed by atoms with E-state index < -0.39 is 5.97 Å². The Labute approximate surface area is 165 Å². The molecule has 2 heterocycles. The normalized spacial score (nSPS) is 10.8. The molecule has 0 saturated carbocycles. The van der Waals surface area contributed by atoms with Crippen LogP contribution in [0, 0.1) is 0 Å². The van der Waals surface area contributed by atoms with Crippen molar-refractivity contribution in [2.24, 2.45) is 0 Å². The predicted octanol–water partition coefficient (Wildman–Crippen LogP) is 4.03. The van der Waals surface area contributed by atoms with Crippen LogP contribution in [0.3, 0.4) is 0 Å². The van der Waals surface area contributed by atoms with Gasteiger partial charge in [0.1, 0.15) is 0 Å². The first kappa shape index (κ1) is 17.9. The number of hydrogen-bond acceptors (Lipinski definition) is 5. The molecule has 4 rings (SSSR count). The van der Waals surface area contributed by atoms with Crippen molar-refractivity contribution in [3.8, 4) is 11.3 Å². The summed E-state index contributed by atoms with van der Waals surface area (Å²) in [7, 11) is 1.32. The molecule has 1 N–H and O–H groups in total. The van der Waals surface area contributed by atoms with E-state index in [2.05, 4.69) is 10.3 Å². The van der Waals surface area contributed by atoms with E-state index in [1.54, 1.807) is 24.3 Å². The van der Waals surface area contributed by atoms with Gasteiger partial charge in [-0.3, -0.25) is 9.20 Å². The summed E-state index contributed by atoms with van der Waals surface area (Å²) in [6.07, 6.45) is 2.15. The second kappa shape index (κ2) is 7.66. The topological polar surface area (TPSA) is 72.7 Å². The van der Waals surface area contributed by atoms with Crippen LogP contribution in [-0.2, 0) is 16.0 Å². The lowest BCUT2D eigenvalue weighted by Gasteiger charge is -2.06. The maximum Gasteiger partial charge on any atom is 0.337 e. The van der Waals surface area contributed by atoms with Crippen molar-refractivity contribution < 1.29 is 14.3 Å². The Bertz CT molecular complexity index is 1150. The maximum absolute atomic E-state index is 12.5. The van der Waals surface area contributed by atoms with Crippen molar-refractivity contribution in [3.63, 3.8) is 0 Å². The maximum atomic E-state index is 12.5. The molecule has 2 aromatic carbocycles. The number of methoxy groups -OCH3 is 1. The van der Waals surface area contributed by atoms with Crippen LogP contribution in [0.2, 0.25) is 0 Å². The molecule has 0 radical (unpaired) electrons. The minimum atomic E-state index is -0.442. The SMILES string of the molecule is COC(=O)c1cccc(NC(=O)Cc2csc3nc(-c4ccccc4)cn23)c1. The van der Waals surface area contributed by atoms with E-state index in [4.69, 9.17) is 4.74 Å². The molecule has 0 aliphatic carbocycles. The summed E-state index contributed by atoms with van der Waals surface area (Å²) in [5.74, 6) is -0.612. The number of fused-ring (bicyclic) bond motifs is 1. The van der Waals surface area contributed by atoms with Crippen LogP contribution in [0.5, 0.6) is 0 Å². The summed E-state index contributed by atoms with van der Waals surface area (Å²) in [6, 6.07) is 16.6. The second-order valence-corrected chi connectivity index (χ2v) is 7.01. The first-order chi connectivity index (χ1) is 13.6. The molecule has 0 spiro atoms. The average molecular weight is 391 g/mol. The molecule has 0 bridgehead atoms. The van der Waals surface area contributed by atoms with Gasteiger partial charge in [-0.05, 0) is 18.2 Å². The number of thiazole rings is 1. The third-order valence-electron chi connectivity index (χ3n) is 4.26. The van der Waals surface area contributed by atoms with Crippen LogP contribution in [-0.4, -0.2) is 28.4 Å². The van der Waals surface area contributed by atoms with Gasteiger partial charge in [0.25, 0.3) is 0 Å². The molecule has 0 unspecified atom stereocenters. The van der Waals surface area contributed by atoms with Crippen LogP contribution in [0.1, 0.15) is 16.1 Å². The van der Waals surface area contributed by atoms with Gasteiger partial charge in [0.2, 0.25) is 5.91 Å². The standard InChI is InChI=1S/C21H17N3O3S/c1-27-20(26)15-8-5-9-16(10-15)22-19(25)11-17-13-28-21-23-18(12-24(17)21)14-6-3-2-4-7-14/h2-10,12-13H,11H2,1H3,(H,22,25). The Balaban J connectivity index is 1.51. The van der Waals surface area contributed by atoms with Crippen molar-refractivity contribution in [3.05, 3.63) is 77.4 Å². The lowest BCUT2D eigenvalue weighted by molar-refractivity contribution is -0.115. The van der Waals surface area contributed by atoms with Crippen LogP contribution >= 0.6 is 11.3 Å². The number of benzene rings is 2. The molecule has 0 fully saturated rings. The second-order valence-electron chi connectivity index (χ2n) is 6.17. The molecule has 7 heteroatoms. The summed E-state index contributed by atoms with van der Waals surface area (Å²) < 4.78 is 6.65. The van der Waals surface area contributed by atoms with E-state index in [-0.39, 0.29) is 12.3 Å². The number of rotatable bonds is 5. The number of nitrogens with one attached hydrogen (secondary N) is 1. The first-order valence-corrected chi connectivity index (χ1v) is 9.51. The van der Waals surface area contributed by atoms with Crippen molar-refractivity contribution >= 4 is 33.9 Å². The molecule has 0 atom stereocenters. The highest BCUT2D eigenvalue weighted by Gasteiger charge is 2.13. The molecular formula is C21H17N3O3S. The minimum Gasteiger partial charge on any atom is -0.465 e. The zero-order valence-corrected chi connectivity index (χ0v) is 15.9. The Hall–Kier alpha value is -3.45. The van der Waals surface area contributed by atoms with E-state index in [0.29, 0.717) is 11.3 Å². The van der Waals surface area contributed by atoms with Crippen LogP contribution < -0.4 is 5.32 Å². The summed E-state index contributed by atoms with van der Waals surface area (Å²) in [6.45, 7) is 0. The van der Waals surface area contributed by atoms with Gasteiger partial charge in [0.05, 0.1) is 24.8 Å². The van der Waals surface area contributed by atoms with Gasteiger partial charge >= 0.3 is 5.97 Å². The van der Waals surface area contributed by atoms with Gasteiger partial charge in [-0.2, -0.15) is 0 Å². The molecule has 1 amide bonds. The number of ether oxygens (including phenoxy) is 1. The van der Waals surface area contributed by atoms with Crippen LogP contribution in [0.4, 0.5) is 5.69 Å². The summed E-state index contributed by atoms with van der Waals surface area (Å²) in [4.78, 5) is 29.6. The number of carbonyl (C=O) groups is 2. The third kappa shape index (κ3) is 3.65. The Kier molecular flexibility index (Phi) is 4.90. The quantitative estimate of drug-likeness (QED) is 0.521. The van der Waals surface area contributed by atoms with Gasteiger partial charge < -0.3 is 10.1 Å². The Morgan fingerprint density at radius 1 is 1.14 bits per heavy atom. The fraction of sp³-hybridized carbons (Fsp3) is 0.0952. The number of aromatic nitrogens is 2. The zero-order valence-electron chi connectivity index (χ0n) is 15.1. The van der Waals surface area contributed by atoms with E-state index in [1.165, 1.54) is 18.4 Å². The van der Waals surface area contributed by atoms with Gasteiger partial charge in [0, 0.05) is 28.5 Å². The van der Waals surface area contributed by atoms with E-state index >= 15 is 0 Å². The third-order valence-corrected chi connectivity index (χ3v) is 5.15. The van der Waals surface area contributed by atoms with Crippen LogP contribution in [0.25, 0.3) is 16.2 Å². The minimum absolute atomic E-state index is 0.170. The monoisotopic (exact) mass is 391 g/mol. The van der Waals surface area contributed by atoms with Crippen molar-refractivity contribution in [2.45, 2.75) is 6.42 Å². The van der Waals surface area contributed by atoms with Gasteiger partial charge in [-0.1, -0.05) is 36.4 Å². The van der Waals surface area contributed by atoms with Crippen molar-refractivity contribution in [1.82, 2.24) is 9.38 Å². The number of hydrogen-bond donors (Lipinski definition) is 1. The van der Waals surface area contributed by atoms with Gasteiger partial charge in [0.15, 0.2) is 4.96 Å². The van der Waals surface area contributed by atoms with Crippen molar-refractivity contribution in [1.29, 1.82) is 0 Å². The van der Waals surface area contributed by atoms with E-state index in [0.717, 1.165) is 21.9 Å². The summed E-state index contributed by atoms with van der Waals surface area (Å²) in [5.41, 5.74) is 3.71. The number of imidazole rings is 1. The lowest BCUT2D eigenvalue weighted by Crippen LogP contribution is -2.15. The molecule has 140 valence electrons. The lowest BCUT2D eigenvalue weighted by atomic mass is 10.2. The highest BCUT2D eigenvalue weighted by Crippen LogP contribution is 2.24. The fourth-order valence-electron chi connectivity index (χ4n) is 2.92. The highest BCUT2D eigenvalue weighted by atomic mass is 32.1. The molecule has 6 nitrogen and oxygen atoms in total. The number of anilines is 1.